The minimum atomic E-state index is -4.39. The van der Waals surface area contributed by atoms with Crippen LogP contribution in [0.1, 0.15) is 5.56 Å². The molecule has 0 spiro atoms. The number of hydrogen-bond donors (Lipinski definition) is 3. The van der Waals surface area contributed by atoms with Gasteiger partial charge in [0.1, 0.15) is 17.6 Å². The summed E-state index contributed by atoms with van der Waals surface area (Å²) in [7, 11) is 0. The molecule has 0 aliphatic heterocycles. The maximum atomic E-state index is 12.5. The van der Waals surface area contributed by atoms with Crippen LogP contribution in [0.3, 0.4) is 0 Å². The van der Waals surface area contributed by atoms with Crippen molar-refractivity contribution >= 4 is 17.2 Å². The topological polar surface area (TPSA) is 107 Å². The van der Waals surface area contributed by atoms with Crippen molar-refractivity contribution in [2.75, 3.05) is 5.43 Å². The van der Waals surface area contributed by atoms with E-state index in [1.807, 2.05) is 0 Å². The number of nitriles is 1. The Labute approximate surface area is 140 Å². The second kappa shape index (κ2) is 7.35. The Hall–Kier alpha value is -3.54. The van der Waals surface area contributed by atoms with Crippen molar-refractivity contribution < 1.29 is 17.9 Å². The predicted molar refractivity (Wildman–Crippen MR) is 86.5 cm³/mol. The lowest BCUT2D eigenvalue weighted by Crippen LogP contribution is -2.21. The van der Waals surface area contributed by atoms with E-state index in [1.165, 1.54) is 12.1 Å². The molecule has 0 heterocycles. The molecule has 25 heavy (non-hydrogen) atoms. The molecule has 0 aliphatic carbocycles. The molecule has 0 saturated heterocycles. The van der Waals surface area contributed by atoms with Crippen molar-refractivity contribution in [2.24, 2.45) is 10.8 Å². The van der Waals surface area contributed by atoms with Crippen molar-refractivity contribution in [1.82, 2.24) is 0 Å². The number of rotatable bonds is 5. The number of amidine groups is 1. The first kappa shape index (κ1) is 17.8. The zero-order chi connectivity index (χ0) is 18.4. The smallest absolute Gasteiger partial charge is 0.416 e. The van der Waals surface area contributed by atoms with E-state index in [2.05, 4.69) is 10.5 Å². The second-order valence-electron chi connectivity index (χ2n) is 4.75. The van der Waals surface area contributed by atoms with Gasteiger partial charge < -0.3 is 10.5 Å². The van der Waals surface area contributed by atoms with Gasteiger partial charge in [-0.15, -0.1) is 0 Å². The van der Waals surface area contributed by atoms with E-state index in [4.69, 9.17) is 21.1 Å². The highest BCUT2D eigenvalue weighted by Gasteiger charge is 2.30. The monoisotopic (exact) mass is 347 g/mol. The Bertz CT molecular complexity index is 821. The van der Waals surface area contributed by atoms with E-state index in [-0.39, 0.29) is 11.5 Å². The molecule has 0 amide bonds. The van der Waals surface area contributed by atoms with Crippen molar-refractivity contribution in [3.63, 3.8) is 0 Å². The van der Waals surface area contributed by atoms with Gasteiger partial charge in [-0.1, -0.05) is 0 Å². The molecule has 0 bridgehead atoms. The number of alkyl halides is 3. The third-order valence-corrected chi connectivity index (χ3v) is 2.93. The van der Waals surface area contributed by atoms with Crippen LogP contribution in [0.4, 0.5) is 18.9 Å². The SMILES string of the molecule is N#C/C(=N\Nc1ccc(Oc2ccc(C(F)(F)F)cc2)cc1)C(=N)N. The fourth-order valence-electron chi connectivity index (χ4n) is 1.71. The highest BCUT2D eigenvalue weighted by molar-refractivity contribution is 6.45. The number of nitrogens with one attached hydrogen (secondary N) is 2. The van der Waals surface area contributed by atoms with Gasteiger partial charge in [-0.2, -0.15) is 23.5 Å². The summed E-state index contributed by atoms with van der Waals surface area (Å²) in [5, 5.41) is 19.5. The van der Waals surface area contributed by atoms with Crippen LogP contribution in [-0.2, 0) is 6.18 Å². The summed E-state index contributed by atoms with van der Waals surface area (Å²) in [6, 6.07) is 12.3. The highest BCUT2D eigenvalue weighted by Crippen LogP contribution is 2.31. The number of anilines is 1. The lowest BCUT2D eigenvalue weighted by atomic mass is 10.2. The van der Waals surface area contributed by atoms with Crippen LogP contribution in [0.15, 0.2) is 53.6 Å². The van der Waals surface area contributed by atoms with Gasteiger partial charge in [0, 0.05) is 0 Å². The molecule has 0 aromatic heterocycles. The Morgan fingerprint density at radius 1 is 1.08 bits per heavy atom. The Balaban J connectivity index is 2.03. The Morgan fingerprint density at radius 2 is 1.60 bits per heavy atom. The summed E-state index contributed by atoms with van der Waals surface area (Å²) in [4.78, 5) is 0. The molecule has 4 N–H and O–H groups in total. The quantitative estimate of drug-likeness (QED) is 0.435. The summed E-state index contributed by atoms with van der Waals surface area (Å²) < 4.78 is 42.9. The first-order valence-electron chi connectivity index (χ1n) is 6.83. The standard InChI is InChI=1S/C16H12F3N5O/c17-16(18,19)10-1-5-12(6-2-10)25-13-7-3-11(4-8-13)23-24-14(9-20)15(21)22/h1-8,23H,(H3,21,22)/b24-14+. The Kier molecular flexibility index (Phi) is 5.24. The van der Waals surface area contributed by atoms with E-state index < -0.39 is 17.6 Å². The van der Waals surface area contributed by atoms with E-state index in [0.717, 1.165) is 12.1 Å². The number of benzene rings is 2. The molecule has 0 saturated carbocycles. The second-order valence-corrected chi connectivity index (χ2v) is 4.75. The van der Waals surface area contributed by atoms with Gasteiger partial charge in [0.2, 0.25) is 5.71 Å². The number of halogens is 3. The fraction of sp³-hybridized carbons (Fsp3) is 0.0625. The molecule has 2 aromatic rings. The van der Waals surface area contributed by atoms with Crippen molar-refractivity contribution in [1.29, 1.82) is 10.7 Å². The molecular weight excluding hydrogens is 335 g/mol. The zero-order valence-corrected chi connectivity index (χ0v) is 12.6. The fourth-order valence-corrected chi connectivity index (χ4v) is 1.71. The van der Waals surface area contributed by atoms with Gasteiger partial charge >= 0.3 is 6.18 Å². The molecule has 0 fully saturated rings. The number of hydrogen-bond acceptors (Lipinski definition) is 5. The average molecular weight is 347 g/mol. The van der Waals surface area contributed by atoms with Crippen molar-refractivity contribution in [3.8, 4) is 17.6 Å². The maximum Gasteiger partial charge on any atom is 0.416 e. The van der Waals surface area contributed by atoms with Gasteiger partial charge in [0.15, 0.2) is 5.84 Å². The minimum absolute atomic E-state index is 0.259. The van der Waals surface area contributed by atoms with Crippen LogP contribution < -0.4 is 15.9 Å². The number of nitrogens with zero attached hydrogens (tertiary/aromatic N) is 2. The van der Waals surface area contributed by atoms with Crippen molar-refractivity contribution in [3.05, 3.63) is 54.1 Å². The number of ether oxygens (including phenoxy) is 1. The number of nitrogens with two attached hydrogens (primary N) is 1. The first-order valence-corrected chi connectivity index (χ1v) is 6.83. The lowest BCUT2D eigenvalue weighted by Gasteiger charge is -2.09. The third-order valence-electron chi connectivity index (χ3n) is 2.93. The van der Waals surface area contributed by atoms with Crippen LogP contribution in [-0.4, -0.2) is 11.5 Å². The third kappa shape index (κ3) is 4.97. The van der Waals surface area contributed by atoms with E-state index in [0.29, 0.717) is 11.4 Å². The van der Waals surface area contributed by atoms with Crippen molar-refractivity contribution in [2.45, 2.75) is 6.18 Å². The van der Waals surface area contributed by atoms with Crippen LogP contribution in [0, 0.1) is 16.7 Å². The molecular formula is C16H12F3N5O. The Morgan fingerprint density at radius 3 is 2.04 bits per heavy atom. The van der Waals surface area contributed by atoms with Gasteiger partial charge in [0.05, 0.1) is 11.3 Å². The molecule has 0 aliphatic rings. The van der Waals surface area contributed by atoms with E-state index in [9.17, 15) is 13.2 Å². The maximum absolute atomic E-state index is 12.5. The zero-order valence-electron chi connectivity index (χ0n) is 12.6. The van der Waals surface area contributed by atoms with Gasteiger partial charge in [-0.05, 0) is 48.5 Å². The molecule has 2 rings (SSSR count). The van der Waals surface area contributed by atoms with Gasteiger partial charge in [0.25, 0.3) is 0 Å². The van der Waals surface area contributed by atoms with E-state index in [1.54, 1.807) is 30.3 Å². The molecule has 6 nitrogen and oxygen atoms in total. The first-order chi connectivity index (χ1) is 11.8. The summed E-state index contributed by atoms with van der Waals surface area (Å²) >= 11 is 0. The summed E-state index contributed by atoms with van der Waals surface area (Å²) in [6.45, 7) is 0. The van der Waals surface area contributed by atoms with Gasteiger partial charge in [-0.3, -0.25) is 10.8 Å². The molecule has 128 valence electrons. The normalized spacial score (nSPS) is 11.5. The molecule has 0 radical (unpaired) electrons. The van der Waals surface area contributed by atoms with Crippen LogP contribution in [0.25, 0.3) is 0 Å². The van der Waals surface area contributed by atoms with Gasteiger partial charge in [-0.25, -0.2) is 0 Å². The molecule has 0 unspecified atom stereocenters. The molecule has 9 heteroatoms. The van der Waals surface area contributed by atoms with Crippen LogP contribution in [0.2, 0.25) is 0 Å². The molecule has 0 atom stereocenters. The summed E-state index contributed by atoms with van der Waals surface area (Å²) in [5.41, 5.74) is 7.21. The molecule has 2 aromatic carbocycles. The van der Waals surface area contributed by atoms with E-state index >= 15 is 0 Å². The van der Waals surface area contributed by atoms with Crippen LogP contribution >= 0.6 is 0 Å². The minimum Gasteiger partial charge on any atom is -0.457 e. The average Bonchev–Trinajstić information content (AvgIpc) is 2.56. The highest BCUT2D eigenvalue weighted by atomic mass is 19.4. The number of hydrazone groups is 1. The summed E-state index contributed by atoms with van der Waals surface area (Å²) in [5.74, 6) is 0.202. The lowest BCUT2D eigenvalue weighted by molar-refractivity contribution is -0.137. The van der Waals surface area contributed by atoms with Crippen LogP contribution in [0.5, 0.6) is 11.5 Å². The predicted octanol–water partition coefficient (Wildman–Crippen LogP) is 3.73. The summed E-state index contributed by atoms with van der Waals surface area (Å²) in [6.07, 6.45) is -4.39. The largest absolute Gasteiger partial charge is 0.457 e.